The highest BCUT2D eigenvalue weighted by molar-refractivity contribution is 7.22. The summed E-state index contributed by atoms with van der Waals surface area (Å²) in [5, 5.41) is 2.66. The number of hydrogen-bond donors (Lipinski definition) is 2. The molecule has 0 fully saturated rings. The van der Waals surface area contributed by atoms with E-state index in [2.05, 4.69) is 10.3 Å². The Morgan fingerprint density at radius 1 is 1.20 bits per heavy atom. The number of carbonyl (C=O) groups is 2. The molecule has 2 aromatic rings. The number of nitrogens with two attached hydrogens (primary N) is 1. The first-order valence-electron chi connectivity index (χ1n) is 4.21. The highest BCUT2D eigenvalue weighted by atomic mass is 32.1. The van der Waals surface area contributed by atoms with Crippen LogP contribution < -0.4 is 11.1 Å². The molecule has 3 N–H and O–H groups in total. The molecule has 0 bridgehead atoms. The Bertz CT molecular complexity index is 566. The van der Waals surface area contributed by atoms with Gasteiger partial charge in [-0.1, -0.05) is 11.3 Å². The molecule has 0 unspecified atom stereocenters. The van der Waals surface area contributed by atoms with Crippen LogP contribution >= 0.6 is 11.3 Å². The lowest BCUT2D eigenvalue weighted by molar-refractivity contribution is 0.0879. The lowest BCUT2D eigenvalue weighted by atomic mass is 10.1. The highest BCUT2D eigenvalue weighted by Crippen LogP contribution is 2.28. The summed E-state index contributed by atoms with van der Waals surface area (Å²) >= 11 is 1.30. The smallest absolute Gasteiger partial charge is 0.259 e. The fourth-order valence-corrected chi connectivity index (χ4v) is 2.36. The van der Waals surface area contributed by atoms with E-state index in [1.165, 1.54) is 11.3 Å². The van der Waals surface area contributed by atoms with Crippen LogP contribution in [-0.2, 0) is 0 Å². The molecule has 1 aromatic heterocycles. The van der Waals surface area contributed by atoms with E-state index in [4.69, 9.17) is 5.73 Å². The number of thiazole rings is 1. The second kappa shape index (κ2) is 2.54. The standard InChI is InChI=1S/C9H5N3O2S/c10-9-11-5-1-3-4(2-6(5)15-9)8(14)12-7(3)13/h1-2H,(H2,10,11)(H,12,13,14). The van der Waals surface area contributed by atoms with E-state index in [1.807, 2.05) is 0 Å². The second-order valence-electron chi connectivity index (χ2n) is 3.20. The normalized spacial score (nSPS) is 14.4. The van der Waals surface area contributed by atoms with Crippen molar-refractivity contribution in [3.63, 3.8) is 0 Å². The van der Waals surface area contributed by atoms with E-state index < -0.39 is 0 Å². The number of fused-ring (bicyclic) bond motifs is 2. The van der Waals surface area contributed by atoms with Gasteiger partial charge < -0.3 is 5.73 Å². The summed E-state index contributed by atoms with van der Waals surface area (Å²) in [6.07, 6.45) is 0. The Morgan fingerprint density at radius 2 is 1.87 bits per heavy atom. The molecule has 0 saturated heterocycles. The molecule has 2 amide bonds. The van der Waals surface area contributed by atoms with Gasteiger partial charge in [0.05, 0.1) is 21.3 Å². The van der Waals surface area contributed by atoms with Crippen molar-refractivity contribution in [1.82, 2.24) is 10.3 Å². The van der Waals surface area contributed by atoms with Crippen molar-refractivity contribution in [3.8, 4) is 0 Å². The number of nitrogens with zero attached hydrogens (tertiary/aromatic N) is 1. The Kier molecular flexibility index (Phi) is 1.42. The molecule has 74 valence electrons. The summed E-state index contributed by atoms with van der Waals surface area (Å²) < 4.78 is 0.816. The lowest BCUT2D eigenvalue weighted by Gasteiger charge is -1.92. The Hall–Kier alpha value is -1.95. The van der Waals surface area contributed by atoms with Crippen LogP contribution in [0.15, 0.2) is 12.1 Å². The fraction of sp³-hybridized carbons (Fsp3) is 0. The molecule has 5 nitrogen and oxygen atoms in total. The minimum atomic E-state index is -0.372. The van der Waals surface area contributed by atoms with Gasteiger partial charge in [0.15, 0.2) is 5.13 Å². The van der Waals surface area contributed by atoms with Crippen LogP contribution in [0.3, 0.4) is 0 Å². The van der Waals surface area contributed by atoms with Crippen molar-refractivity contribution in [1.29, 1.82) is 0 Å². The Morgan fingerprint density at radius 3 is 2.60 bits per heavy atom. The summed E-state index contributed by atoms with van der Waals surface area (Å²) in [7, 11) is 0. The van der Waals surface area contributed by atoms with Crippen molar-refractivity contribution in [2.24, 2.45) is 0 Å². The van der Waals surface area contributed by atoms with Crippen LogP contribution in [0, 0.1) is 0 Å². The van der Waals surface area contributed by atoms with Gasteiger partial charge in [-0.3, -0.25) is 14.9 Å². The van der Waals surface area contributed by atoms with Crippen LogP contribution in [0.25, 0.3) is 10.2 Å². The number of carbonyl (C=O) groups excluding carboxylic acids is 2. The van der Waals surface area contributed by atoms with Gasteiger partial charge in [0.2, 0.25) is 0 Å². The second-order valence-corrected chi connectivity index (χ2v) is 4.26. The summed E-state index contributed by atoms with van der Waals surface area (Å²) in [5.41, 5.74) is 6.97. The number of hydrogen-bond acceptors (Lipinski definition) is 5. The molecular weight excluding hydrogens is 214 g/mol. The van der Waals surface area contributed by atoms with Crippen LogP contribution in [-0.4, -0.2) is 16.8 Å². The molecule has 3 rings (SSSR count). The number of benzene rings is 1. The number of nitrogen functional groups attached to an aromatic ring is 1. The lowest BCUT2D eigenvalue weighted by Crippen LogP contribution is -2.19. The largest absolute Gasteiger partial charge is 0.375 e. The molecule has 6 heteroatoms. The van der Waals surface area contributed by atoms with E-state index in [9.17, 15) is 9.59 Å². The SMILES string of the molecule is Nc1nc2cc3c(cc2s1)C(=O)NC3=O. The molecule has 15 heavy (non-hydrogen) atoms. The highest BCUT2D eigenvalue weighted by Gasteiger charge is 2.27. The number of imide groups is 1. The number of amides is 2. The molecule has 1 aliphatic heterocycles. The minimum Gasteiger partial charge on any atom is -0.375 e. The molecule has 1 aromatic carbocycles. The number of anilines is 1. The van der Waals surface area contributed by atoms with Crippen molar-refractivity contribution < 1.29 is 9.59 Å². The zero-order valence-electron chi connectivity index (χ0n) is 7.40. The molecule has 0 radical (unpaired) electrons. The van der Waals surface area contributed by atoms with Crippen molar-refractivity contribution >= 4 is 38.5 Å². The first-order valence-corrected chi connectivity index (χ1v) is 5.02. The average molecular weight is 219 g/mol. The van der Waals surface area contributed by atoms with Gasteiger partial charge in [-0.15, -0.1) is 0 Å². The fourth-order valence-electron chi connectivity index (χ4n) is 1.61. The number of aromatic nitrogens is 1. The third-order valence-corrected chi connectivity index (χ3v) is 3.11. The third-order valence-electron chi connectivity index (χ3n) is 2.26. The Labute approximate surface area is 87.9 Å². The van der Waals surface area contributed by atoms with Crippen molar-refractivity contribution in [3.05, 3.63) is 23.3 Å². The van der Waals surface area contributed by atoms with E-state index in [0.717, 1.165) is 4.70 Å². The third kappa shape index (κ3) is 1.05. The summed E-state index contributed by atoms with van der Waals surface area (Å²) in [4.78, 5) is 26.7. The predicted octanol–water partition coefficient (Wildman–Crippen LogP) is 0.762. The molecule has 0 spiro atoms. The van der Waals surface area contributed by atoms with Gasteiger partial charge in [-0.2, -0.15) is 0 Å². The molecule has 0 atom stereocenters. The van der Waals surface area contributed by atoms with Crippen LogP contribution in [0.1, 0.15) is 20.7 Å². The molecular formula is C9H5N3O2S. The Balaban J connectivity index is 2.40. The van der Waals surface area contributed by atoms with Crippen molar-refractivity contribution in [2.75, 3.05) is 5.73 Å². The van der Waals surface area contributed by atoms with Gasteiger partial charge in [-0.05, 0) is 12.1 Å². The first kappa shape index (κ1) is 8.37. The van der Waals surface area contributed by atoms with E-state index in [-0.39, 0.29) is 11.8 Å². The maximum atomic E-state index is 11.3. The molecule has 0 saturated carbocycles. The number of nitrogens with one attached hydrogen (secondary N) is 1. The maximum absolute atomic E-state index is 11.3. The minimum absolute atomic E-state index is 0.358. The van der Waals surface area contributed by atoms with Crippen LogP contribution in [0.5, 0.6) is 0 Å². The molecule has 2 heterocycles. The predicted molar refractivity (Wildman–Crippen MR) is 55.8 cm³/mol. The summed E-state index contributed by atoms with van der Waals surface area (Å²) in [5.74, 6) is -0.729. The summed E-state index contributed by atoms with van der Waals surface area (Å²) in [6.45, 7) is 0. The maximum Gasteiger partial charge on any atom is 0.259 e. The van der Waals surface area contributed by atoms with Gasteiger partial charge in [0.25, 0.3) is 11.8 Å². The molecule has 0 aliphatic carbocycles. The van der Waals surface area contributed by atoms with Crippen molar-refractivity contribution in [2.45, 2.75) is 0 Å². The van der Waals surface area contributed by atoms with Gasteiger partial charge in [0, 0.05) is 0 Å². The number of rotatable bonds is 0. The first-order chi connectivity index (χ1) is 7.15. The van der Waals surface area contributed by atoms with Gasteiger partial charge in [-0.25, -0.2) is 4.98 Å². The topological polar surface area (TPSA) is 85.1 Å². The van der Waals surface area contributed by atoms with Gasteiger partial charge >= 0.3 is 0 Å². The van der Waals surface area contributed by atoms with Crippen LogP contribution in [0.2, 0.25) is 0 Å². The van der Waals surface area contributed by atoms with E-state index >= 15 is 0 Å². The zero-order chi connectivity index (χ0) is 10.6. The van der Waals surface area contributed by atoms with Crippen LogP contribution in [0.4, 0.5) is 5.13 Å². The summed E-state index contributed by atoms with van der Waals surface area (Å²) in [6, 6.07) is 3.25. The monoisotopic (exact) mass is 219 g/mol. The van der Waals surface area contributed by atoms with E-state index in [1.54, 1.807) is 12.1 Å². The average Bonchev–Trinajstić information content (AvgIpc) is 2.65. The molecule has 1 aliphatic rings. The quantitative estimate of drug-likeness (QED) is 0.640. The van der Waals surface area contributed by atoms with Gasteiger partial charge in [0.1, 0.15) is 0 Å². The zero-order valence-corrected chi connectivity index (χ0v) is 8.22. The van der Waals surface area contributed by atoms with E-state index in [0.29, 0.717) is 21.8 Å².